The van der Waals surface area contributed by atoms with Gasteiger partial charge >= 0.3 is 18.4 Å². The van der Waals surface area contributed by atoms with Gasteiger partial charge in [0, 0.05) is 17.6 Å². The largest absolute Gasteiger partial charge is 0.446 e. The van der Waals surface area contributed by atoms with Crippen LogP contribution in [0.15, 0.2) is 46.9 Å². The minimum absolute atomic E-state index is 0.126. The number of anilines is 2. The molecule has 2 aromatic carbocycles. The number of carbonyl (C=O) groups is 1. The topological polar surface area (TPSA) is 45.7 Å². The Hall–Kier alpha value is -2.80. The molecule has 0 saturated carbocycles. The summed E-state index contributed by atoms with van der Waals surface area (Å²) < 4.78 is 92.1. The van der Waals surface area contributed by atoms with Crippen molar-refractivity contribution in [2.45, 2.75) is 64.7 Å². The molecule has 1 atom stereocenters. The van der Waals surface area contributed by atoms with E-state index in [0.29, 0.717) is 45.8 Å². The molecule has 1 aliphatic heterocycles. The number of hydrogen-bond donors (Lipinski definition) is 0. The quantitative estimate of drug-likeness (QED) is 0.259. The first-order valence-electron chi connectivity index (χ1n) is 12.4. The first kappa shape index (κ1) is 30.2. The number of hydrogen-bond acceptors (Lipinski definition) is 5. The maximum absolute atomic E-state index is 13.6. The standard InChI is InChI=1S/C27H26BrF6N3O2S/c1-15(2)39-25(38)36-8-4-5-22(21-13-20(28)6-7-23(21)36)37(24-9-16(3)35-40-24)14-17-10-18(26(29,30)31)12-19(11-17)27(32,33)34/h6-7,9-13,15,22H,4-5,8,14H2,1-3H3. The fourth-order valence-corrected chi connectivity index (χ4v) is 5.86. The van der Waals surface area contributed by atoms with E-state index in [-0.39, 0.29) is 24.3 Å². The molecule has 0 spiro atoms. The Morgan fingerprint density at radius 1 is 1.10 bits per heavy atom. The molecule has 5 nitrogen and oxygen atoms in total. The van der Waals surface area contributed by atoms with Crippen LogP contribution in [0.4, 0.5) is 41.8 Å². The van der Waals surface area contributed by atoms with Crippen molar-refractivity contribution in [1.82, 2.24) is 4.37 Å². The Morgan fingerprint density at radius 2 is 1.75 bits per heavy atom. The number of alkyl halides is 6. The first-order valence-corrected chi connectivity index (χ1v) is 14.0. The molecule has 0 fully saturated rings. The lowest BCUT2D eigenvalue weighted by atomic mass is 9.98. The molecule has 0 radical (unpaired) electrons. The van der Waals surface area contributed by atoms with Crippen LogP contribution < -0.4 is 9.80 Å². The van der Waals surface area contributed by atoms with Gasteiger partial charge in [0.2, 0.25) is 0 Å². The third kappa shape index (κ3) is 6.91. The molecule has 13 heteroatoms. The Kier molecular flexibility index (Phi) is 8.74. The number of aryl methyl sites for hydroxylation is 1. The molecule has 0 bridgehead atoms. The highest BCUT2D eigenvalue weighted by atomic mass is 79.9. The van der Waals surface area contributed by atoms with Crippen LogP contribution in [-0.2, 0) is 23.6 Å². The lowest BCUT2D eigenvalue weighted by Gasteiger charge is -2.34. The number of carbonyl (C=O) groups excluding carboxylic acids is 1. The van der Waals surface area contributed by atoms with E-state index < -0.39 is 35.6 Å². The number of aromatic nitrogens is 1. The minimum Gasteiger partial charge on any atom is -0.446 e. The summed E-state index contributed by atoms with van der Waals surface area (Å²) in [6.45, 7) is 5.31. The van der Waals surface area contributed by atoms with Crippen molar-refractivity contribution in [3.8, 4) is 0 Å². The lowest BCUT2D eigenvalue weighted by Crippen LogP contribution is -2.34. The van der Waals surface area contributed by atoms with Gasteiger partial charge in [0.25, 0.3) is 0 Å². The molecule has 3 aromatic rings. The summed E-state index contributed by atoms with van der Waals surface area (Å²) in [6, 6.07) is 8.21. The van der Waals surface area contributed by atoms with Crippen LogP contribution >= 0.6 is 27.5 Å². The number of nitrogens with zero attached hydrogens (tertiary/aromatic N) is 3. The molecule has 1 unspecified atom stereocenters. The summed E-state index contributed by atoms with van der Waals surface area (Å²) in [4.78, 5) is 16.3. The van der Waals surface area contributed by atoms with Gasteiger partial charge in [-0.25, -0.2) is 4.79 Å². The van der Waals surface area contributed by atoms with E-state index in [4.69, 9.17) is 4.74 Å². The van der Waals surface area contributed by atoms with Crippen molar-refractivity contribution in [2.24, 2.45) is 0 Å². The van der Waals surface area contributed by atoms with Gasteiger partial charge in [-0.15, -0.1) is 0 Å². The van der Waals surface area contributed by atoms with E-state index in [0.717, 1.165) is 23.7 Å². The average Bonchev–Trinajstić information content (AvgIpc) is 3.18. The number of halogens is 7. The van der Waals surface area contributed by atoms with Crippen LogP contribution in [0.1, 0.15) is 60.7 Å². The van der Waals surface area contributed by atoms with Gasteiger partial charge in [-0.05, 0) is 98.7 Å². The van der Waals surface area contributed by atoms with Gasteiger partial charge in [0.05, 0.1) is 34.7 Å². The van der Waals surface area contributed by atoms with E-state index in [1.165, 1.54) is 4.90 Å². The van der Waals surface area contributed by atoms with Crippen molar-refractivity contribution in [3.05, 3.63) is 74.9 Å². The second kappa shape index (κ2) is 11.6. The van der Waals surface area contributed by atoms with E-state index >= 15 is 0 Å². The molecule has 0 aliphatic carbocycles. The smallest absolute Gasteiger partial charge is 0.416 e. The molecule has 1 aromatic heterocycles. The normalized spacial score (nSPS) is 16.1. The Morgan fingerprint density at radius 3 is 2.30 bits per heavy atom. The summed E-state index contributed by atoms with van der Waals surface area (Å²) in [5.41, 5.74) is -0.988. The minimum atomic E-state index is -4.96. The summed E-state index contributed by atoms with van der Waals surface area (Å²) in [6.07, 6.45) is -9.83. The second-order valence-electron chi connectivity index (χ2n) is 9.79. The summed E-state index contributed by atoms with van der Waals surface area (Å²) >= 11 is 4.57. The number of ether oxygens (including phenoxy) is 1. The zero-order valence-corrected chi connectivity index (χ0v) is 24.1. The maximum Gasteiger partial charge on any atom is 0.416 e. The predicted molar refractivity (Wildman–Crippen MR) is 145 cm³/mol. The molecular weight excluding hydrogens is 624 g/mol. The zero-order valence-electron chi connectivity index (χ0n) is 21.7. The molecule has 40 heavy (non-hydrogen) atoms. The van der Waals surface area contributed by atoms with Crippen LogP contribution in [0.2, 0.25) is 0 Å². The van der Waals surface area contributed by atoms with E-state index in [2.05, 4.69) is 20.3 Å². The monoisotopic (exact) mass is 649 g/mol. The van der Waals surface area contributed by atoms with Gasteiger partial charge in [-0.3, -0.25) is 4.90 Å². The van der Waals surface area contributed by atoms with Gasteiger partial charge in [-0.1, -0.05) is 15.9 Å². The number of rotatable bonds is 5. The van der Waals surface area contributed by atoms with E-state index in [1.54, 1.807) is 43.9 Å². The van der Waals surface area contributed by atoms with Crippen LogP contribution in [0, 0.1) is 6.92 Å². The maximum atomic E-state index is 13.6. The molecule has 1 amide bonds. The van der Waals surface area contributed by atoms with Crippen molar-refractivity contribution < 1.29 is 35.9 Å². The van der Waals surface area contributed by atoms with E-state index in [9.17, 15) is 31.1 Å². The van der Waals surface area contributed by atoms with Crippen LogP contribution in [0.5, 0.6) is 0 Å². The van der Waals surface area contributed by atoms with Crippen molar-refractivity contribution in [1.29, 1.82) is 0 Å². The number of fused-ring (bicyclic) bond motifs is 1. The first-order chi connectivity index (χ1) is 18.6. The third-order valence-corrected chi connectivity index (χ3v) is 7.74. The Bertz CT molecular complexity index is 1340. The third-order valence-electron chi connectivity index (χ3n) is 6.33. The van der Waals surface area contributed by atoms with Gasteiger partial charge in [0.15, 0.2) is 0 Å². The number of amides is 1. The molecular formula is C27H26BrF6N3O2S. The average molecular weight is 650 g/mol. The number of benzene rings is 2. The fourth-order valence-electron chi connectivity index (χ4n) is 4.67. The van der Waals surface area contributed by atoms with Gasteiger partial charge in [0.1, 0.15) is 5.00 Å². The lowest BCUT2D eigenvalue weighted by molar-refractivity contribution is -0.143. The SMILES string of the molecule is Cc1cc(N(Cc2cc(C(F)(F)F)cc(C(F)(F)F)c2)C2CCCN(C(=O)OC(C)C)c3ccc(Br)cc32)sn1. The molecule has 4 rings (SSSR count). The van der Waals surface area contributed by atoms with Crippen molar-refractivity contribution in [2.75, 3.05) is 16.3 Å². The predicted octanol–water partition coefficient (Wildman–Crippen LogP) is 9.14. The van der Waals surface area contributed by atoms with E-state index in [1.807, 2.05) is 6.07 Å². The second-order valence-corrected chi connectivity index (χ2v) is 11.5. The fraction of sp³-hybridized carbons (Fsp3) is 0.407. The summed E-state index contributed by atoms with van der Waals surface area (Å²) in [5.74, 6) is 0. The highest BCUT2D eigenvalue weighted by Gasteiger charge is 2.38. The summed E-state index contributed by atoms with van der Waals surface area (Å²) in [7, 11) is 0. The zero-order chi connectivity index (χ0) is 29.4. The van der Waals surface area contributed by atoms with Crippen molar-refractivity contribution >= 4 is 44.2 Å². The molecule has 1 aliphatic rings. The van der Waals surface area contributed by atoms with Gasteiger partial charge in [-0.2, -0.15) is 30.7 Å². The summed E-state index contributed by atoms with van der Waals surface area (Å²) in [5, 5.41) is 0.581. The van der Waals surface area contributed by atoms with Crippen molar-refractivity contribution in [3.63, 3.8) is 0 Å². The van der Waals surface area contributed by atoms with Gasteiger partial charge < -0.3 is 9.64 Å². The highest BCUT2D eigenvalue weighted by Crippen LogP contribution is 2.43. The van der Waals surface area contributed by atoms with Crippen LogP contribution in [0.25, 0.3) is 0 Å². The molecule has 0 saturated heterocycles. The molecule has 0 N–H and O–H groups in total. The Balaban J connectivity index is 1.84. The highest BCUT2D eigenvalue weighted by molar-refractivity contribution is 9.10. The van der Waals surface area contributed by atoms with Crippen LogP contribution in [-0.4, -0.2) is 23.1 Å². The van der Waals surface area contributed by atoms with Crippen LogP contribution in [0.3, 0.4) is 0 Å². The Labute approximate surface area is 240 Å². The molecule has 2 heterocycles. The molecule has 216 valence electrons.